The Morgan fingerprint density at radius 2 is 1.45 bits per heavy atom. The van der Waals surface area contributed by atoms with E-state index in [0.29, 0.717) is 11.3 Å². The number of amides is 1. The van der Waals surface area contributed by atoms with E-state index in [2.05, 4.69) is 0 Å². The summed E-state index contributed by atoms with van der Waals surface area (Å²) in [6.07, 6.45) is -0.617. The van der Waals surface area contributed by atoms with Crippen molar-refractivity contribution in [2.45, 2.75) is 18.5 Å². The minimum absolute atomic E-state index is 0.0787. The van der Waals surface area contributed by atoms with Crippen molar-refractivity contribution in [1.29, 1.82) is 0 Å². The monoisotopic (exact) mass is 417 g/mol. The van der Waals surface area contributed by atoms with Crippen molar-refractivity contribution < 1.29 is 24.2 Å². The standard InChI is InChI=1S/C25H23NO5/c1-30-22-14-8-3-9-16(22)15-21(24(27)28)26(25(29)31-2)23-19-12-6-4-10-17(19)18-11-5-7-13-20(18)23/h3-14,21,23H,15H2,1-2H3,(H,27,28)/t21-/m0/s1. The van der Waals surface area contributed by atoms with Gasteiger partial charge >= 0.3 is 12.1 Å². The molecule has 0 spiro atoms. The van der Waals surface area contributed by atoms with E-state index in [1.165, 1.54) is 19.1 Å². The third kappa shape index (κ3) is 3.61. The van der Waals surface area contributed by atoms with Crippen molar-refractivity contribution >= 4 is 12.1 Å². The van der Waals surface area contributed by atoms with Gasteiger partial charge < -0.3 is 14.6 Å². The SMILES string of the molecule is COC(=O)N(C1c2ccccc2-c2ccccc21)[C@@H](Cc1ccccc1OC)C(=O)O. The second kappa shape index (κ2) is 8.52. The smallest absolute Gasteiger partial charge is 0.411 e. The van der Waals surface area contributed by atoms with Gasteiger partial charge in [0, 0.05) is 6.42 Å². The van der Waals surface area contributed by atoms with Gasteiger partial charge in [0.1, 0.15) is 11.8 Å². The van der Waals surface area contributed by atoms with Crippen LogP contribution in [0.1, 0.15) is 22.7 Å². The highest BCUT2D eigenvalue weighted by molar-refractivity contribution is 5.85. The summed E-state index contributed by atoms with van der Waals surface area (Å²) in [7, 11) is 2.81. The number of para-hydroxylation sites is 1. The molecule has 6 heteroatoms. The number of rotatable bonds is 6. The van der Waals surface area contributed by atoms with Gasteiger partial charge in [0.2, 0.25) is 0 Å². The Bertz CT molecular complexity index is 1080. The van der Waals surface area contributed by atoms with Crippen LogP contribution in [0.15, 0.2) is 72.8 Å². The molecule has 0 saturated carbocycles. The molecule has 1 aliphatic rings. The molecule has 0 radical (unpaired) electrons. The second-order valence-corrected chi connectivity index (χ2v) is 7.32. The van der Waals surface area contributed by atoms with E-state index >= 15 is 0 Å². The molecule has 0 aliphatic heterocycles. The largest absolute Gasteiger partial charge is 0.496 e. The van der Waals surface area contributed by atoms with Gasteiger partial charge in [-0.2, -0.15) is 0 Å². The number of carboxylic acid groups (broad SMARTS) is 1. The highest BCUT2D eigenvalue weighted by Gasteiger charge is 2.42. The molecule has 6 nitrogen and oxygen atoms in total. The first-order valence-corrected chi connectivity index (χ1v) is 9.96. The second-order valence-electron chi connectivity index (χ2n) is 7.32. The van der Waals surface area contributed by atoms with Crippen LogP contribution < -0.4 is 4.74 Å². The number of aliphatic carboxylic acids is 1. The van der Waals surface area contributed by atoms with Gasteiger partial charge in [-0.1, -0.05) is 66.7 Å². The molecule has 0 saturated heterocycles. The lowest BCUT2D eigenvalue weighted by Gasteiger charge is -2.34. The average Bonchev–Trinajstić information content (AvgIpc) is 3.13. The molecule has 1 atom stereocenters. The Balaban J connectivity index is 1.85. The van der Waals surface area contributed by atoms with Crippen molar-refractivity contribution in [3.05, 3.63) is 89.5 Å². The number of carboxylic acids is 1. The molecule has 4 rings (SSSR count). The zero-order valence-electron chi connectivity index (χ0n) is 17.3. The molecular weight excluding hydrogens is 394 g/mol. The van der Waals surface area contributed by atoms with Crippen LogP contribution in [0, 0.1) is 0 Å². The topological polar surface area (TPSA) is 76.1 Å². The number of hydrogen-bond donors (Lipinski definition) is 1. The van der Waals surface area contributed by atoms with Crippen LogP contribution in [0.3, 0.4) is 0 Å². The van der Waals surface area contributed by atoms with Crippen LogP contribution in [-0.4, -0.2) is 42.3 Å². The summed E-state index contributed by atoms with van der Waals surface area (Å²) >= 11 is 0. The molecule has 3 aromatic rings. The molecule has 0 heterocycles. The Morgan fingerprint density at radius 1 is 0.903 bits per heavy atom. The predicted molar refractivity (Wildman–Crippen MR) is 116 cm³/mol. The minimum atomic E-state index is -1.16. The first-order chi connectivity index (χ1) is 15.1. The maximum absolute atomic E-state index is 13.0. The molecule has 1 N–H and O–H groups in total. The van der Waals surface area contributed by atoms with Crippen molar-refractivity contribution in [3.63, 3.8) is 0 Å². The lowest BCUT2D eigenvalue weighted by molar-refractivity contribution is -0.143. The van der Waals surface area contributed by atoms with E-state index in [-0.39, 0.29) is 6.42 Å². The summed E-state index contributed by atoms with van der Waals surface area (Å²) < 4.78 is 10.5. The molecule has 31 heavy (non-hydrogen) atoms. The predicted octanol–water partition coefficient (Wildman–Crippen LogP) is 4.53. The highest BCUT2D eigenvalue weighted by Crippen LogP contribution is 2.47. The van der Waals surface area contributed by atoms with E-state index in [1.807, 2.05) is 60.7 Å². The summed E-state index contributed by atoms with van der Waals surface area (Å²) in [5.74, 6) is -0.538. The fraction of sp³-hybridized carbons (Fsp3) is 0.200. The summed E-state index contributed by atoms with van der Waals surface area (Å²) in [4.78, 5) is 26.8. The summed E-state index contributed by atoms with van der Waals surface area (Å²) in [5.41, 5.74) is 4.42. The zero-order chi connectivity index (χ0) is 22.0. The van der Waals surface area contributed by atoms with Crippen LogP contribution >= 0.6 is 0 Å². The summed E-state index contributed by atoms with van der Waals surface area (Å²) in [6.45, 7) is 0. The van der Waals surface area contributed by atoms with Gasteiger partial charge in [0.15, 0.2) is 0 Å². The van der Waals surface area contributed by atoms with Crippen molar-refractivity contribution in [2.24, 2.45) is 0 Å². The average molecular weight is 417 g/mol. The fourth-order valence-corrected chi connectivity index (χ4v) is 4.33. The van der Waals surface area contributed by atoms with Crippen LogP contribution in [0.5, 0.6) is 5.75 Å². The van der Waals surface area contributed by atoms with E-state index in [1.54, 1.807) is 12.1 Å². The quantitative estimate of drug-likeness (QED) is 0.638. The Hall–Kier alpha value is -3.80. The number of carbonyl (C=O) groups is 2. The van der Waals surface area contributed by atoms with Crippen LogP contribution in [0.4, 0.5) is 4.79 Å². The number of hydrogen-bond acceptors (Lipinski definition) is 4. The maximum Gasteiger partial charge on any atom is 0.411 e. The van der Waals surface area contributed by atoms with E-state index in [0.717, 1.165) is 22.3 Å². The van der Waals surface area contributed by atoms with Gasteiger partial charge in [-0.25, -0.2) is 9.59 Å². The lowest BCUT2D eigenvalue weighted by Crippen LogP contribution is -2.48. The first kappa shape index (κ1) is 20.5. The molecule has 1 amide bonds. The molecule has 0 unspecified atom stereocenters. The molecule has 0 bridgehead atoms. The molecule has 158 valence electrons. The van der Waals surface area contributed by atoms with Crippen molar-refractivity contribution in [3.8, 4) is 16.9 Å². The zero-order valence-corrected chi connectivity index (χ0v) is 17.3. The maximum atomic E-state index is 13.0. The van der Waals surface area contributed by atoms with Crippen molar-refractivity contribution in [2.75, 3.05) is 14.2 Å². The third-order valence-corrected chi connectivity index (χ3v) is 5.69. The molecule has 1 aliphatic carbocycles. The van der Waals surface area contributed by atoms with Gasteiger partial charge in [0.05, 0.1) is 20.3 Å². The molecule has 0 aromatic heterocycles. The fourth-order valence-electron chi connectivity index (χ4n) is 4.33. The molecule has 0 fully saturated rings. The molecule has 3 aromatic carbocycles. The number of methoxy groups -OCH3 is 2. The lowest BCUT2D eigenvalue weighted by atomic mass is 9.98. The van der Waals surface area contributed by atoms with Gasteiger partial charge in [0.25, 0.3) is 0 Å². The van der Waals surface area contributed by atoms with Gasteiger partial charge in [-0.15, -0.1) is 0 Å². The highest BCUT2D eigenvalue weighted by atomic mass is 16.5. The van der Waals surface area contributed by atoms with Gasteiger partial charge in [-0.3, -0.25) is 4.90 Å². The number of ether oxygens (including phenoxy) is 2. The van der Waals surface area contributed by atoms with Crippen LogP contribution in [0.2, 0.25) is 0 Å². The third-order valence-electron chi connectivity index (χ3n) is 5.69. The van der Waals surface area contributed by atoms with E-state index in [4.69, 9.17) is 9.47 Å². The normalized spacial score (nSPS) is 13.1. The summed E-state index contributed by atoms with van der Waals surface area (Å²) in [5, 5.41) is 10.2. The molecular formula is C25H23NO5. The number of fused-ring (bicyclic) bond motifs is 3. The van der Waals surface area contributed by atoms with Gasteiger partial charge in [-0.05, 0) is 33.9 Å². The Morgan fingerprint density at radius 3 is 2.00 bits per heavy atom. The Labute approximate surface area is 180 Å². The van der Waals surface area contributed by atoms with Crippen LogP contribution in [0.25, 0.3) is 11.1 Å². The minimum Gasteiger partial charge on any atom is -0.496 e. The Kier molecular flexibility index (Phi) is 5.62. The number of nitrogens with zero attached hydrogens (tertiary/aromatic N) is 1. The van der Waals surface area contributed by atoms with Crippen LogP contribution in [-0.2, 0) is 16.0 Å². The summed E-state index contributed by atoms with van der Waals surface area (Å²) in [6, 6.07) is 21.0. The number of carbonyl (C=O) groups excluding carboxylic acids is 1. The first-order valence-electron chi connectivity index (χ1n) is 9.96. The number of benzene rings is 3. The van der Waals surface area contributed by atoms with E-state index in [9.17, 15) is 14.7 Å². The van der Waals surface area contributed by atoms with Crippen molar-refractivity contribution in [1.82, 2.24) is 4.90 Å². The van der Waals surface area contributed by atoms with E-state index < -0.39 is 24.1 Å².